The lowest BCUT2D eigenvalue weighted by Crippen LogP contribution is -2.44. The van der Waals surface area contributed by atoms with E-state index in [4.69, 9.17) is 14.3 Å². The molecule has 0 spiro atoms. The molecule has 0 saturated heterocycles. The topological polar surface area (TPSA) is 119 Å². The minimum Gasteiger partial charge on any atom is -0.480 e. The molecule has 0 aliphatic rings. The van der Waals surface area contributed by atoms with Crippen molar-refractivity contribution < 1.29 is 23.8 Å². The van der Waals surface area contributed by atoms with Gasteiger partial charge < -0.3 is 19.6 Å². The van der Waals surface area contributed by atoms with Crippen molar-refractivity contribution in [3.63, 3.8) is 0 Å². The fourth-order valence-corrected chi connectivity index (χ4v) is 3.65. The molecule has 2 atom stereocenters. The van der Waals surface area contributed by atoms with Gasteiger partial charge in [-0.15, -0.1) is 11.3 Å². The lowest BCUT2D eigenvalue weighted by atomic mass is 10.1. The van der Waals surface area contributed by atoms with Gasteiger partial charge in [-0.25, -0.2) is 4.98 Å². The van der Waals surface area contributed by atoms with Crippen molar-refractivity contribution in [2.75, 3.05) is 0 Å². The van der Waals surface area contributed by atoms with Crippen LogP contribution in [0.4, 0.5) is 0 Å². The summed E-state index contributed by atoms with van der Waals surface area (Å²) in [5, 5.41) is 14.2. The van der Waals surface area contributed by atoms with Gasteiger partial charge in [0, 0.05) is 17.1 Å². The van der Waals surface area contributed by atoms with E-state index in [-0.39, 0.29) is 5.43 Å². The maximum Gasteiger partial charge on any atom is 0.325 e. The minimum atomic E-state index is -1.14. The van der Waals surface area contributed by atoms with Crippen LogP contribution in [0.1, 0.15) is 32.0 Å². The fraction of sp³-hybridized carbons (Fsp3) is 0.333. The summed E-state index contributed by atoms with van der Waals surface area (Å²) < 4.78 is 11.4. The number of aryl methyl sites for hydroxylation is 2. The summed E-state index contributed by atoms with van der Waals surface area (Å²) >= 11 is 1.37. The van der Waals surface area contributed by atoms with Gasteiger partial charge in [0.2, 0.25) is 5.43 Å². The monoisotopic (exact) mass is 430 g/mol. The Kier molecular flexibility index (Phi) is 6.21. The van der Waals surface area contributed by atoms with E-state index >= 15 is 0 Å². The van der Waals surface area contributed by atoms with E-state index < -0.39 is 24.0 Å². The van der Waals surface area contributed by atoms with Gasteiger partial charge in [-0.05, 0) is 38.8 Å². The quantitative estimate of drug-likeness (QED) is 0.591. The molecule has 0 aliphatic carbocycles. The number of carboxylic acids is 1. The first kappa shape index (κ1) is 21.5. The number of amides is 1. The average Bonchev–Trinajstić information content (AvgIpc) is 3.13. The minimum absolute atomic E-state index is 0.187. The Balaban J connectivity index is 1.94. The van der Waals surface area contributed by atoms with Gasteiger partial charge in [-0.3, -0.25) is 14.4 Å². The number of rotatable bonds is 7. The van der Waals surface area contributed by atoms with E-state index in [1.165, 1.54) is 31.4 Å². The molecule has 2 heterocycles. The second-order valence-corrected chi connectivity index (χ2v) is 7.77. The van der Waals surface area contributed by atoms with E-state index in [9.17, 15) is 14.4 Å². The smallest absolute Gasteiger partial charge is 0.325 e. The Hall–Kier alpha value is -3.20. The zero-order valence-electron chi connectivity index (χ0n) is 17.0. The molecule has 158 valence electrons. The third-order valence-electron chi connectivity index (χ3n) is 4.59. The number of benzene rings is 1. The van der Waals surface area contributed by atoms with E-state index in [0.717, 1.165) is 11.3 Å². The first-order valence-electron chi connectivity index (χ1n) is 9.42. The Labute approximate surface area is 176 Å². The molecular weight excluding hydrogens is 408 g/mol. The number of nitrogens with zero attached hydrogens (tertiary/aromatic N) is 1. The molecule has 0 radical (unpaired) electrons. The van der Waals surface area contributed by atoms with Crippen LogP contribution in [0.5, 0.6) is 5.75 Å². The van der Waals surface area contributed by atoms with Crippen LogP contribution >= 0.6 is 11.3 Å². The lowest BCUT2D eigenvalue weighted by molar-refractivity contribution is -0.142. The summed E-state index contributed by atoms with van der Waals surface area (Å²) in [6.07, 6.45) is 1.01. The normalized spacial score (nSPS) is 13.1. The van der Waals surface area contributed by atoms with Gasteiger partial charge in [0.05, 0.1) is 10.9 Å². The third kappa shape index (κ3) is 4.35. The van der Waals surface area contributed by atoms with Gasteiger partial charge >= 0.3 is 5.97 Å². The van der Waals surface area contributed by atoms with Crippen molar-refractivity contribution in [3.05, 3.63) is 45.3 Å². The van der Waals surface area contributed by atoms with Crippen LogP contribution in [0.2, 0.25) is 0 Å². The molecule has 0 aliphatic heterocycles. The van der Waals surface area contributed by atoms with Crippen LogP contribution in [0.25, 0.3) is 21.5 Å². The zero-order valence-corrected chi connectivity index (χ0v) is 17.8. The van der Waals surface area contributed by atoms with Crippen molar-refractivity contribution in [2.24, 2.45) is 0 Å². The molecule has 8 nitrogen and oxygen atoms in total. The van der Waals surface area contributed by atoms with E-state index in [0.29, 0.717) is 33.7 Å². The molecule has 3 aromatic rings. The molecule has 2 N–H and O–H groups in total. The molecule has 9 heteroatoms. The first-order chi connectivity index (χ1) is 14.2. The highest BCUT2D eigenvalue weighted by atomic mass is 32.1. The highest BCUT2D eigenvalue weighted by Crippen LogP contribution is 2.29. The third-order valence-corrected chi connectivity index (χ3v) is 5.58. The molecular formula is C21H22N2O6S. The predicted molar refractivity (Wildman–Crippen MR) is 113 cm³/mol. The number of ether oxygens (including phenoxy) is 1. The van der Waals surface area contributed by atoms with Gasteiger partial charge in [0.15, 0.2) is 6.10 Å². The number of hydrogen-bond acceptors (Lipinski definition) is 7. The number of hydrogen-bond donors (Lipinski definition) is 2. The molecule has 0 bridgehead atoms. The number of carbonyl (C=O) groups is 2. The van der Waals surface area contributed by atoms with Crippen molar-refractivity contribution in [1.82, 2.24) is 10.3 Å². The van der Waals surface area contributed by atoms with Crippen molar-refractivity contribution in [1.29, 1.82) is 0 Å². The second kappa shape index (κ2) is 8.66. The highest BCUT2D eigenvalue weighted by Gasteiger charge is 2.22. The van der Waals surface area contributed by atoms with E-state index in [1.54, 1.807) is 12.1 Å². The highest BCUT2D eigenvalue weighted by molar-refractivity contribution is 7.13. The zero-order chi connectivity index (χ0) is 22.0. The van der Waals surface area contributed by atoms with E-state index in [2.05, 4.69) is 10.3 Å². The molecule has 3 rings (SSSR count). The maximum atomic E-state index is 13.0. The largest absolute Gasteiger partial charge is 0.480 e. The van der Waals surface area contributed by atoms with Crippen LogP contribution in [0.3, 0.4) is 0 Å². The maximum absolute atomic E-state index is 13.0. The first-order valence-corrected chi connectivity index (χ1v) is 10.3. The summed E-state index contributed by atoms with van der Waals surface area (Å²) in [5.41, 5.74) is 2.10. The SMILES string of the molecule is CCc1cc2c(=O)c(-c3nc(C)cs3)coc2cc1O[C@H](C)C(=O)N[C@@H](C)C(=O)O. The second-order valence-electron chi connectivity index (χ2n) is 6.91. The summed E-state index contributed by atoms with van der Waals surface area (Å²) in [6.45, 7) is 6.66. The Morgan fingerprint density at radius 3 is 2.67 bits per heavy atom. The molecule has 0 saturated carbocycles. The van der Waals surface area contributed by atoms with Crippen LogP contribution < -0.4 is 15.5 Å². The predicted octanol–water partition coefficient (Wildman–Crippen LogP) is 3.14. The van der Waals surface area contributed by atoms with Crippen molar-refractivity contribution in [3.8, 4) is 16.3 Å². The van der Waals surface area contributed by atoms with E-state index in [1.807, 2.05) is 19.2 Å². The summed E-state index contributed by atoms with van der Waals surface area (Å²) in [7, 11) is 0. The Morgan fingerprint density at radius 2 is 2.07 bits per heavy atom. The number of aliphatic carboxylic acids is 1. The lowest BCUT2D eigenvalue weighted by Gasteiger charge is -2.18. The van der Waals surface area contributed by atoms with Crippen LogP contribution in [-0.4, -0.2) is 34.1 Å². The fourth-order valence-electron chi connectivity index (χ4n) is 2.85. The van der Waals surface area contributed by atoms with Gasteiger partial charge in [0.1, 0.15) is 28.6 Å². The number of carbonyl (C=O) groups excluding carboxylic acids is 1. The number of carboxylic acid groups (broad SMARTS) is 1. The average molecular weight is 430 g/mol. The number of aromatic nitrogens is 1. The molecule has 1 aromatic carbocycles. The van der Waals surface area contributed by atoms with Crippen molar-refractivity contribution >= 4 is 34.2 Å². The standard InChI is InChI=1S/C21H22N2O6S/c1-5-13-6-14-17(28-8-15(18(14)24)20-22-10(2)9-30-20)7-16(13)29-12(4)19(25)23-11(3)21(26)27/h6-9,11-12H,5H2,1-4H3,(H,23,25)(H,26,27)/t11-,12+/m0/s1. The summed E-state index contributed by atoms with van der Waals surface area (Å²) in [4.78, 5) is 40.5. The van der Waals surface area contributed by atoms with Gasteiger partial charge in [-0.2, -0.15) is 0 Å². The molecule has 0 fully saturated rings. The number of fused-ring (bicyclic) bond motifs is 1. The molecule has 2 aromatic heterocycles. The summed E-state index contributed by atoms with van der Waals surface area (Å²) in [6, 6.07) is 2.25. The number of thiazole rings is 1. The number of nitrogens with one attached hydrogen (secondary N) is 1. The van der Waals surface area contributed by atoms with Crippen LogP contribution in [0.15, 0.2) is 33.0 Å². The van der Waals surface area contributed by atoms with Gasteiger partial charge in [-0.1, -0.05) is 6.92 Å². The Bertz CT molecular complexity index is 1170. The molecule has 1 amide bonds. The summed E-state index contributed by atoms with van der Waals surface area (Å²) in [5.74, 6) is -1.29. The van der Waals surface area contributed by atoms with Gasteiger partial charge in [0.25, 0.3) is 5.91 Å². The van der Waals surface area contributed by atoms with Crippen LogP contribution in [0, 0.1) is 6.92 Å². The molecule has 30 heavy (non-hydrogen) atoms. The Morgan fingerprint density at radius 1 is 1.33 bits per heavy atom. The van der Waals surface area contributed by atoms with Crippen molar-refractivity contribution in [2.45, 2.75) is 46.3 Å². The molecule has 0 unspecified atom stereocenters. The van der Waals surface area contributed by atoms with Crippen LogP contribution in [-0.2, 0) is 16.0 Å².